The molecule has 104 valence electrons. The first-order valence-electron chi connectivity index (χ1n) is 7.29. The topological polar surface area (TPSA) is 41.1 Å². The number of benzene rings is 1. The molecule has 0 spiro atoms. The lowest BCUT2D eigenvalue weighted by atomic mass is 9.99. The Hall–Kier alpha value is -1.35. The highest BCUT2D eigenvalue weighted by molar-refractivity contribution is 5.94. The molecule has 3 heteroatoms. The zero-order chi connectivity index (χ0) is 13.7. The fourth-order valence-corrected chi connectivity index (χ4v) is 2.84. The highest BCUT2D eigenvalue weighted by Crippen LogP contribution is 2.27. The van der Waals surface area contributed by atoms with E-state index in [1.54, 1.807) is 0 Å². The lowest BCUT2D eigenvalue weighted by Crippen LogP contribution is -2.45. The Morgan fingerprint density at radius 1 is 1.16 bits per heavy atom. The maximum absolute atomic E-state index is 12.1. The molecule has 3 nitrogen and oxygen atoms in total. The lowest BCUT2D eigenvalue weighted by Gasteiger charge is -2.24. The maximum atomic E-state index is 12.1. The fourth-order valence-electron chi connectivity index (χ4n) is 2.84. The number of hydrogen-bond acceptors (Lipinski definition) is 2. The second-order valence-corrected chi connectivity index (χ2v) is 5.58. The summed E-state index contributed by atoms with van der Waals surface area (Å²) in [6.07, 6.45) is 5.25. The molecular weight excluding hydrogens is 236 g/mol. The summed E-state index contributed by atoms with van der Waals surface area (Å²) in [6.45, 7) is 4.13. The van der Waals surface area contributed by atoms with E-state index >= 15 is 0 Å². The lowest BCUT2D eigenvalue weighted by molar-refractivity contribution is -0.118. The van der Waals surface area contributed by atoms with Gasteiger partial charge in [0, 0.05) is 11.7 Å². The molecule has 0 heterocycles. The number of para-hydroxylation sites is 1. The minimum Gasteiger partial charge on any atom is -0.325 e. The van der Waals surface area contributed by atoms with Gasteiger partial charge in [-0.15, -0.1) is 0 Å². The third-order valence-corrected chi connectivity index (χ3v) is 4.05. The van der Waals surface area contributed by atoms with Crippen LogP contribution >= 0.6 is 0 Å². The minimum absolute atomic E-state index is 0.0380. The van der Waals surface area contributed by atoms with E-state index < -0.39 is 0 Å². The third-order valence-electron chi connectivity index (χ3n) is 4.05. The van der Waals surface area contributed by atoms with Gasteiger partial charge in [0.1, 0.15) is 0 Å². The molecule has 2 rings (SSSR count). The molecule has 19 heavy (non-hydrogen) atoms. The van der Waals surface area contributed by atoms with Gasteiger partial charge in [-0.3, -0.25) is 4.79 Å². The first-order valence-corrected chi connectivity index (χ1v) is 7.29. The van der Waals surface area contributed by atoms with E-state index in [4.69, 9.17) is 0 Å². The van der Waals surface area contributed by atoms with Crippen molar-refractivity contribution in [2.24, 2.45) is 5.92 Å². The van der Waals surface area contributed by atoms with Crippen molar-refractivity contribution in [2.45, 2.75) is 51.6 Å². The van der Waals surface area contributed by atoms with Crippen molar-refractivity contribution in [3.05, 3.63) is 30.3 Å². The summed E-state index contributed by atoms with van der Waals surface area (Å²) >= 11 is 0. The van der Waals surface area contributed by atoms with Crippen molar-refractivity contribution in [3.63, 3.8) is 0 Å². The number of carbonyl (C=O) groups is 1. The van der Waals surface area contributed by atoms with E-state index in [1.807, 2.05) is 37.3 Å². The largest absolute Gasteiger partial charge is 0.325 e. The average Bonchev–Trinajstić information content (AvgIpc) is 2.93. The number of carbonyl (C=O) groups excluding carboxylic acids is 1. The monoisotopic (exact) mass is 260 g/mol. The van der Waals surface area contributed by atoms with Crippen LogP contribution in [0.15, 0.2) is 30.3 Å². The molecule has 0 saturated heterocycles. The smallest absolute Gasteiger partial charge is 0.241 e. The normalized spacial score (nSPS) is 19.1. The number of nitrogens with one attached hydrogen (secondary N) is 2. The van der Waals surface area contributed by atoms with Gasteiger partial charge in [-0.25, -0.2) is 0 Å². The van der Waals surface area contributed by atoms with Gasteiger partial charge in [-0.1, -0.05) is 31.0 Å². The summed E-state index contributed by atoms with van der Waals surface area (Å²) in [5.74, 6) is 0.767. The molecule has 1 fully saturated rings. The maximum Gasteiger partial charge on any atom is 0.241 e. The molecule has 0 aromatic heterocycles. The second kappa shape index (κ2) is 6.71. The van der Waals surface area contributed by atoms with Crippen LogP contribution in [-0.4, -0.2) is 18.0 Å². The van der Waals surface area contributed by atoms with Crippen LogP contribution in [0.5, 0.6) is 0 Å². The Kier molecular flexibility index (Phi) is 4.97. The van der Waals surface area contributed by atoms with Crippen molar-refractivity contribution in [3.8, 4) is 0 Å². The summed E-state index contributed by atoms with van der Waals surface area (Å²) in [6, 6.07) is 9.87. The fraction of sp³-hybridized carbons (Fsp3) is 0.562. The van der Waals surface area contributed by atoms with Crippen LogP contribution < -0.4 is 10.6 Å². The Balaban J connectivity index is 1.81. The average molecular weight is 260 g/mol. The zero-order valence-electron chi connectivity index (χ0n) is 11.9. The van der Waals surface area contributed by atoms with E-state index in [9.17, 15) is 4.79 Å². The summed E-state index contributed by atoms with van der Waals surface area (Å²) in [4.78, 5) is 12.1. The highest BCUT2D eigenvalue weighted by Gasteiger charge is 2.24. The molecule has 1 unspecified atom stereocenters. The van der Waals surface area contributed by atoms with Crippen molar-refractivity contribution >= 4 is 11.6 Å². The van der Waals surface area contributed by atoms with E-state index in [0.29, 0.717) is 6.04 Å². The Morgan fingerprint density at radius 2 is 1.79 bits per heavy atom. The Bertz CT molecular complexity index is 398. The quantitative estimate of drug-likeness (QED) is 0.853. The van der Waals surface area contributed by atoms with Gasteiger partial charge in [-0.05, 0) is 44.7 Å². The van der Waals surface area contributed by atoms with Crippen LogP contribution in [0.25, 0.3) is 0 Å². The van der Waals surface area contributed by atoms with Crippen LogP contribution in [0.4, 0.5) is 5.69 Å². The van der Waals surface area contributed by atoms with Gasteiger partial charge >= 0.3 is 0 Å². The van der Waals surface area contributed by atoms with E-state index in [2.05, 4.69) is 17.6 Å². The van der Waals surface area contributed by atoms with E-state index in [0.717, 1.165) is 11.6 Å². The molecule has 0 bridgehead atoms. The first-order chi connectivity index (χ1) is 9.16. The van der Waals surface area contributed by atoms with Crippen LogP contribution in [-0.2, 0) is 4.79 Å². The van der Waals surface area contributed by atoms with E-state index in [1.165, 1.54) is 25.7 Å². The molecule has 0 radical (unpaired) electrons. The molecule has 1 aliphatic rings. The van der Waals surface area contributed by atoms with Crippen LogP contribution in [0, 0.1) is 5.92 Å². The van der Waals surface area contributed by atoms with E-state index in [-0.39, 0.29) is 11.9 Å². The second-order valence-electron chi connectivity index (χ2n) is 5.58. The molecule has 0 aliphatic heterocycles. The molecular formula is C16H24N2O. The minimum atomic E-state index is -0.157. The van der Waals surface area contributed by atoms with Gasteiger partial charge < -0.3 is 10.6 Å². The summed E-state index contributed by atoms with van der Waals surface area (Å²) in [7, 11) is 0. The molecule has 1 aromatic rings. The molecule has 2 atom stereocenters. The summed E-state index contributed by atoms with van der Waals surface area (Å²) in [5, 5.41) is 6.37. The number of rotatable bonds is 5. The molecule has 1 amide bonds. The highest BCUT2D eigenvalue weighted by atomic mass is 16.2. The van der Waals surface area contributed by atoms with Crippen molar-refractivity contribution < 1.29 is 4.79 Å². The van der Waals surface area contributed by atoms with Gasteiger partial charge in [0.15, 0.2) is 0 Å². The Morgan fingerprint density at radius 3 is 2.42 bits per heavy atom. The molecule has 1 aromatic carbocycles. The Labute approximate surface area is 115 Å². The summed E-state index contributed by atoms with van der Waals surface area (Å²) < 4.78 is 0. The molecule has 1 aliphatic carbocycles. The molecule has 1 saturated carbocycles. The predicted molar refractivity (Wildman–Crippen MR) is 79.1 cm³/mol. The summed E-state index contributed by atoms with van der Waals surface area (Å²) in [5.41, 5.74) is 0.856. The van der Waals surface area contributed by atoms with Gasteiger partial charge in [-0.2, -0.15) is 0 Å². The van der Waals surface area contributed by atoms with Gasteiger partial charge in [0.05, 0.1) is 6.04 Å². The van der Waals surface area contributed by atoms with Crippen molar-refractivity contribution in [1.29, 1.82) is 0 Å². The standard InChI is InChI=1S/C16H24N2O/c1-12(14-8-6-7-9-14)17-13(2)16(19)18-15-10-4-3-5-11-15/h3-5,10-14,17H,6-9H2,1-2H3,(H,18,19)/t12-,13?/m1/s1. The number of amides is 1. The predicted octanol–water partition coefficient (Wildman–Crippen LogP) is 3.18. The van der Waals surface area contributed by atoms with Gasteiger partial charge in [0.2, 0.25) is 5.91 Å². The SMILES string of the molecule is CC(N[C@H](C)C1CCCC1)C(=O)Nc1ccccc1. The van der Waals surface area contributed by atoms with Crippen LogP contribution in [0.3, 0.4) is 0 Å². The number of anilines is 1. The first kappa shape index (κ1) is 14.1. The van der Waals surface area contributed by atoms with Crippen molar-refractivity contribution in [1.82, 2.24) is 5.32 Å². The van der Waals surface area contributed by atoms with Gasteiger partial charge in [0.25, 0.3) is 0 Å². The van der Waals surface area contributed by atoms with Crippen LogP contribution in [0.1, 0.15) is 39.5 Å². The van der Waals surface area contributed by atoms with Crippen molar-refractivity contribution in [2.75, 3.05) is 5.32 Å². The number of hydrogen-bond donors (Lipinski definition) is 2. The zero-order valence-corrected chi connectivity index (χ0v) is 11.9. The molecule has 2 N–H and O–H groups in total. The van der Waals surface area contributed by atoms with Crippen LogP contribution in [0.2, 0.25) is 0 Å². The third kappa shape index (κ3) is 4.06.